The lowest BCUT2D eigenvalue weighted by atomic mass is 10.2. The molecular formula is C11H21NO4S. The second kappa shape index (κ2) is 6.74. The molecule has 17 heavy (non-hydrogen) atoms. The van der Waals surface area contributed by atoms with Crippen molar-refractivity contribution in [2.45, 2.75) is 39.3 Å². The minimum Gasteiger partial charge on any atom is -0.480 e. The SMILES string of the molecule is CCSC[C@@H](C(=O)O)N(C)C(=O)OC(C)(C)C. The minimum atomic E-state index is -1.01. The van der Waals surface area contributed by atoms with Crippen LogP contribution in [0.1, 0.15) is 27.7 Å². The van der Waals surface area contributed by atoms with Crippen molar-refractivity contribution in [2.75, 3.05) is 18.6 Å². The van der Waals surface area contributed by atoms with Crippen molar-refractivity contribution in [3.8, 4) is 0 Å². The summed E-state index contributed by atoms with van der Waals surface area (Å²) in [6.07, 6.45) is -0.610. The number of nitrogens with zero attached hydrogens (tertiary/aromatic N) is 1. The third-order valence-corrected chi connectivity index (χ3v) is 2.87. The first-order valence-electron chi connectivity index (χ1n) is 5.45. The quantitative estimate of drug-likeness (QED) is 0.822. The van der Waals surface area contributed by atoms with E-state index in [1.807, 2.05) is 6.92 Å². The summed E-state index contributed by atoms with van der Waals surface area (Å²) in [5.41, 5.74) is -0.619. The van der Waals surface area contributed by atoms with Crippen LogP contribution in [0.3, 0.4) is 0 Å². The van der Waals surface area contributed by atoms with Gasteiger partial charge >= 0.3 is 12.1 Å². The minimum absolute atomic E-state index is 0.363. The van der Waals surface area contributed by atoms with Gasteiger partial charge in [0.1, 0.15) is 11.6 Å². The number of amides is 1. The van der Waals surface area contributed by atoms with Crippen molar-refractivity contribution in [3.63, 3.8) is 0 Å². The van der Waals surface area contributed by atoms with E-state index in [2.05, 4.69) is 0 Å². The van der Waals surface area contributed by atoms with Crippen molar-refractivity contribution in [3.05, 3.63) is 0 Å². The summed E-state index contributed by atoms with van der Waals surface area (Å²) in [4.78, 5) is 23.9. The molecule has 0 heterocycles. The molecule has 0 saturated heterocycles. The van der Waals surface area contributed by atoms with Gasteiger partial charge < -0.3 is 9.84 Å². The summed E-state index contributed by atoms with van der Waals surface area (Å²) >= 11 is 1.48. The van der Waals surface area contributed by atoms with Crippen LogP contribution in [0.15, 0.2) is 0 Å². The van der Waals surface area contributed by atoms with Crippen molar-refractivity contribution in [1.29, 1.82) is 0 Å². The molecule has 0 saturated carbocycles. The topological polar surface area (TPSA) is 66.8 Å². The number of carboxylic acid groups (broad SMARTS) is 1. The molecule has 0 aliphatic heterocycles. The summed E-state index contributed by atoms with van der Waals surface area (Å²) in [5.74, 6) is 0.160. The molecule has 0 rings (SSSR count). The molecule has 6 heteroatoms. The third kappa shape index (κ3) is 6.41. The van der Waals surface area contributed by atoms with E-state index in [0.29, 0.717) is 5.75 Å². The fourth-order valence-corrected chi connectivity index (χ4v) is 1.86. The summed E-state index contributed by atoms with van der Waals surface area (Å²) in [7, 11) is 1.45. The molecule has 0 aromatic heterocycles. The second-order valence-electron chi connectivity index (χ2n) is 4.60. The molecule has 0 aromatic carbocycles. The van der Waals surface area contributed by atoms with Crippen LogP contribution in [-0.4, -0.2) is 52.3 Å². The van der Waals surface area contributed by atoms with Crippen LogP contribution in [0.5, 0.6) is 0 Å². The molecule has 5 nitrogen and oxygen atoms in total. The van der Waals surface area contributed by atoms with Crippen molar-refractivity contribution in [1.82, 2.24) is 4.90 Å². The van der Waals surface area contributed by atoms with Gasteiger partial charge in [-0.05, 0) is 26.5 Å². The highest BCUT2D eigenvalue weighted by Crippen LogP contribution is 2.13. The molecule has 0 aromatic rings. The number of hydrogen-bond acceptors (Lipinski definition) is 4. The zero-order valence-electron chi connectivity index (χ0n) is 11.0. The number of aliphatic carboxylic acids is 1. The Kier molecular flexibility index (Phi) is 6.37. The predicted molar refractivity (Wildman–Crippen MR) is 68.4 cm³/mol. The lowest BCUT2D eigenvalue weighted by molar-refractivity contribution is -0.141. The number of carboxylic acids is 1. The Morgan fingerprint density at radius 3 is 2.29 bits per heavy atom. The molecular weight excluding hydrogens is 242 g/mol. The highest BCUT2D eigenvalue weighted by molar-refractivity contribution is 7.99. The molecule has 0 aliphatic carbocycles. The van der Waals surface area contributed by atoms with Crippen LogP contribution in [0.4, 0.5) is 4.79 Å². The van der Waals surface area contributed by atoms with E-state index in [4.69, 9.17) is 9.84 Å². The first kappa shape index (κ1) is 16.1. The highest BCUT2D eigenvalue weighted by atomic mass is 32.2. The monoisotopic (exact) mass is 263 g/mol. The predicted octanol–water partition coefficient (Wildman–Crippen LogP) is 2.06. The first-order valence-corrected chi connectivity index (χ1v) is 6.61. The third-order valence-electron chi connectivity index (χ3n) is 1.91. The molecule has 0 fully saturated rings. The molecule has 0 aliphatic rings. The van der Waals surface area contributed by atoms with Crippen LogP contribution < -0.4 is 0 Å². The Bertz CT molecular complexity index is 275. The van der Waals surface area contributed by atoms with Crippen molar-refractivity contribution >= 4 is 23.8 Å². The van der Waals surface area contributed by atoms with Crippen molar-refractivity contribution < 1.29 is 19.4 Å². The van der Waals surface area contributed by atoms with Gasteiger partial charge in [-0.2, -0.15) is 11.8 Å². The average molecular weight is 263 g/mol. The average Bonchev–Trinajstić information content (AvgIpc) is 2.14. The van der Waals surface area contributed by atoms with Crippen LogP contribution >= 0.6 is 11.8 Å². The maximum Gasteiger partial charge on any atom is 0.410 e. The lowest BCUT2D eigenvalue weighted by Crippen LogP contribution is -2.46. The van der Waals surface area contributed by atoms with E-state index in [-0.39, 0.29) is 0 Å². The number of thioether (sulfide) groups is 1. The zero-order chi connectivity index (χ0) is 13.6. The Morgan fingerprint density at radius 2 is 1.94 bits per heavy atom. The normalized spacial score (nSPS) is 13.0. The molecule has 1 atom stereocenters. The van der Waals surface area contributed by atoms with Gasteiger partial charge in [0.05, 0.1) is 0 Å². The Labute approximate surface area is 107 Å². The second-order valence-corrected chi connectivity index (χ2v) is 5.92. The number of rotatable bonds is 5. The fourth-order valence-electron chi connectivity index (χ4n) is 1.04. The van der Waals surface area contributed by atoms with E-state index in [0.717, 1.165) is 10.7 Å². The van der Waals surface area contributed by atoms with Gasteiger partial charge in [-0.25, -0.2) is 9.59 Å². The Morgan fingerprint density at radius 1 is 1.41 bits per heavy atom. The van der Waals surface area contributed by atoms with E-state index < -0.39 is 23.7 Å². The lowest BCUT2D eigenvalue weighted by Gasteiger charge is -2.28. The van der Waals surface area contributed by atoms with Gasteiger partial charge in [0.2, 0.25) is 0 Å². The standard InChI is InChI=1S/C11H21NO4S/c1-6-17-7-8(9(13)14)12(5)10(15)16-11(2,3)4/h8H,6-7H2,1-5H3,(H,13,14)/t8-/m0/s1. The van der Waals surface area contributed by atoms with E-state index in [1.54, 1.807) is 20.8 Å². The van der Waals surface area contributed by atoms with Crippen LogP contribution in [0, 0.1) is 0 Å². The molecule has 1 N–H and O–H groups in total. The summed E-state index contributed by atoms with van der Waals surface area (Å²) in [6.45, 7) is 7.18. The van der Waals surface area contributed by atoms with Crippen LogP contribution in [0.2, 0.25) is 0 Å². The zero-order valence-corrected chi connectivity index (χ0v) is 11.8. The van der Waals surface area contributed by atoms with Gasteiger partial charge in [-0.1, -0.05) is 6.92 Å². The largest absolute Gasteiger partial charge is 0.480 e. The number of carbonyl (C=O) groups excluding carboxylic acids is 1. The molecule has 0 spiro atoms. The van der Waals surface area contributed by atoms with E-state index >= 15 is 0 Å². The Hall–Kier alpha value is -0.910. The summed E-state index contributed by atoms with van der Waals surface area (Å²) in [6, 6.07) is -0.852. The summed E-state index contributed by atoms with van der Waals surface area (Å²) in [5, 5.41) is 9.05. The van der Waals surface area contributed by atoms with Gasteiger partial charge in [0, 0.05) is 12.8 Å². The maximum absolute atomic E-state index is 11.7. The van der Waals surface area contributed by atoms with E-state index in [1.165, 1.54) is 18.8 Å². The van der Waals surface area contributed by atoms with Crippen LogP contribution in [0.25, 0.3) is 0 Å². The smallest absolute Gasteiger partial charge is 0.410 e. The van der Waals surface area contributed by atoms with Crippen LogP contribution in [-0.2, 0) is 9.53 Å². The molecule has 1 amide bonds. The number of hydrogen-bond donors (Lipinski definition) is 1. The summed E-state index contributed by atoms with van der Waals surface area (Å²) < 4.78 is 5.12. The Balaban J connectivity index is 4.55. The molecule has 0 radical (unpaired) electrons. The van der Waals surface area contributed by atoms with Gasteiger partial charge in [0.15, 0.2) is 0 Å². The van der Waals surface area contributed by atoms with Crippen molar-refractivity contribution in [2.24, 2.45) is 0 Å². The number of ether oxygens (including phenoxy) is 1. The van der Waals surface area contributed by atoms with Gasteiger partial charge in [-0.15, -0.1) is 0 Å². The molecule has 100 valence electrons. The molecule has 0 unspecified atom stereocenters. The maximum atomic E-state index is 11.7. The number of carbonyl (C=O) groups is 2. The fraction of sp³-hybridized carbons (Fsp3) is 0.818. The number of likely N-dealkylation sites (N-methyl/N-ethyl adjacent to an activating group) is 1. The molecule has 0 bridgehead atoms. The van der Waals surface area contributed by atoms with Gasteiger partial charge in [0.25, 0.3) is 0 Å². The first-order chi connectivity index (χ1) is 7.69. The highest BCUT2D eigenvalue weighted by Gasteiger charge is 2.29. The van der Waals surface area contributed by atoms with E-state index in [9.17, 15) is 9.59 Å². The van der Waals surface area contributed by atoms with Gasteiger partial charge in [-0.3, -0.25) is 4.90 Å².